The normalized spacial score (nSPS) is 21.2. The highest BCUT2D eigenvalue weighted by Crippen LogP contribution is 2.52. The number of methoxy groups -OCH3 is 1. The lowest BCUT2D eigenvalue weighted by Gasteiger charge is -2.41. The number of benzene rings is 2. The maximum Gasteiger partial charge on any atom is 0.573 e. The van der Waals surface area contributed by atoms with E-state index in [0.717, 1.165) is 12.5 Å². The summed E-state index contributed by atoms with van der Waals surface area (Å²) in [5.41, 5.74) is 2.12. The van der Waals surface area contributed by atoms with Crippen molar-refractivity contribution in [1.29, 1.82) is 0 Å². The number of piperazine rings is 1. The molecule has 1 saturated carbocycles. The van der Waals surface area contributed by atoms with Gasteiger partial charge in [-0.3, -0.25) is 14.4 Å². The number of pyridine rings is 1. The van der Waals surface area contributed by atoms with E-state index >= 15 is 0 Å². The summed E-state index contributed by atoms with van der Waals surface area (Å²) in [5.74, 6) is -0.109. The molecule has 2 aromatic heterocycles. The number of H-pyrrole nitrogens is 1. The lowest BCUT2D eigenvalue weighted by Crippen LogP contribution is -2.54. The van der Waals surface area contributed by atoms with Crippen LogP contribution < -0.4 is 20.3 Å². The number of hydrogen-bond acceptors (Lipinski definition) is 10. The van der Waals surface area contributed by atoms with Crippen molar-refractivity contribution in [3.05, 3.63) is 78.4 Å². The van der Waals surface area contributed by atoms with Crippen LogP contribution in [0.1, 0.15) is 69.7 Å². The van der Waals surface area contributed by atoms with Gasteiger partial charge in [-0.25, -0.2) is 14.8 Å². The van der Waals surface area contributed by atoms with E-state index in [9.17, 15) is 32.3 Å². The first-order chi connectivity index (χ1) is 29.8. The number of amides is 4. The number of carbonyl (C=O) groups is 4. The quantitative estimate of drug-likeness (QED) is 0.128. The molecule has 7 rings (SSSR count). The third-order valence-electron chi connectivity index (χ3n) is 12.2. The van der Waals surface area contributed by atoms with Gasteiger partial charge in [0.05, 0.1) is 30.7 Å². The molecule has 2 saturated heterocycles. The molecule has 4 amide bonds. The Morgan fingerprint density at radius 3 is 2.32 bits per heavy atom. The fourth-order valence-electron chi connectivity index (χ4n) is 8.38. The number of nitrogens with one attached hydrogen (secondary N) is 3. The van der Waals surface area contributed by atoms with Crippen molar-refractivity contribution < 1.29 is 41.8 Å². The molecule has 1 aliphatic carbocycles. The van der Waals surface area contributed by atoms with E-state index in [1.54, 1.807) is 59.3 Å². The smallest absolute Gasteiger partial charge is 0.453 e. The minimum Gasteiger partial charge on any atom is -0.453 e. The molecule has 336 valence electrons. The predicted molar refractivity (Wildman–Crippen MR) is 234 cm³/mol. The van der Waals surface area contributed by atoms with Gasteiger partial charge in [-0.2, -0.15) is 11.8 Å². The second-order valence-corrected chi connectivity index (χ2v) is 18.5. The first kappa shape index (κ1) is 45.3. The van der Waals surface area contributed by atoms with Gasteiger partial charge in [0.25, 0.3) is 5.91 Å². The molecule has 2 aliphatic heterocycles. The summed E-state index contributed by atoms with van der Waals surface area (Å²) in [7, 11) is 1.24. The average Bonchev–Trinajstić information content (AvgIpc) is 3.55. The molecule has 14 nitrogen and oxygen atoms in total. The lowest BCUT2D eigenvalue weighted by molar-refractivity contribution is -0.274. The Morgan fingerprint density at radius 1 is 1.00 bits per heavy atom. The third-order valence-corrected chi connectivity index (χ3v) is 13.2. The van der Waals surface area contributed by atoms with E-state index in [1.165, 1.54) is 25.4 Å². The number of rotatable bonds is 12. The minimum absolute atomic E-state index is 0.0278. The number of carbonyl (C=O) groups excluding carboxylic acids is 4. The van der Waals surface area contributed by atoms with E-state index in [4.69, 9.17) is 9.72 Å². The fourth-order valence-corrected chi connectivity index (χ4v) is 9.06. The number of aromatic nitrogens is 3. The zero-order valence-electron chi connectivity index (χ0n) is 36.3. The van der Waals surface area contributed by atoms with Gasteiger partial charge in [0, 0.05) is 66.3 Å². The zero-order chi connectivity index (χ0) is 45.4. The number of ether oxygens (including phenoxy) is 2. The Kier molecular flexibility index (Phi) is 13.0. The van der Waals surface area contributed by atoms with E-state index in [1.807, 2.05) is 31.9 Å². The lowest BCUT2D eigenvalue weighted by atomic mass is 10.00. The number of alkyl carbamates (subject to hydrolysis) is 1. The number of likely N-dealkylation sites (tertiary alicyclic amines) is 1. The summed E-state index contributed by atoms with van der Waals surface area (Å²) in [6, 6.07) is 12.9. The second kappa shape index (κ2) is 18.1. The summed E-state index contributed by atoms with van der Waals surface area (Å²) in [6.07, 6.45) is 1.01. The van der Waals surface area contributed by atoms with Gasteiger partial charge in [0.2, 0.25) is 11.8 Å². The van der Waals surface area contributed by atoms with Crippen molar-refractivity contribution in [3.63, 3.8) is 0 Å². The van der Waals surface area contributed by atoms with E-state index in [0.29, 0.717) is 66.8 Å². The fraction of sp³-hybridized carbons (Fsp3) is 0.467. The number of aromatic amines is 1. The van der Waals surface area contributed by atoms with E-state index < -0.39 is 30.2 Å². The first-order valence-electron chi connectivity index (χ1n) is 20.9. The van der Waals surface area contributed by atoms with Gasteiger partial charge in [0.1, 0.15) is 23.4 Å². The molecule has 63 heavy (non-hydrogen) atoms. The van der Waals surface area contributed by atoms with Gasteiger partial charge >= 0.3 is 12.5 Å². The first-order valence-corrected chi connectivity index (χ1v) is 22.2. The highest BCUT2D eigenvalue weighted by molar-refractivity contribution is 7.99. The molecule has 3 N–H and O–H groups in total. The Balaban J connectivity index is 1.03. The van der Waals surface area contributed by atoms with Crippen molar-refractivity contribution in [2.45, 2.75) is 77.2 Å². The summed E-state index contributed by atoms with van der Waals surface area (Å²) in [5, 5.41) is 5.52. The Bertz CT molecular complexity index is 2320. The number of halogens is 3. The van der Waals surface area contributed by atoms with Gasteiger partial charge in [-0.05, 0) is 73.2 Å². The molecular formula is C45H53F3N8O6S. The summed E-state index contributed by atoms with van der Waals surface area (Å²) in [4.78, 5) is 70.5. The number of anilines is 2. The zero-order valence-corrected chi connectivity index (χ0v) is 37.1. The maximum atomic E-state index is 13.8. The van der Waals surface area contributed by atoms with Crippen LogP contribution in [0.5, 0.6) is 5.75 Å². The van der Waals surface area contributed by atoms with Crippen LogP contribution in [0.25, 0.3) is 22.4 Å². The van der Waals surface area contributed by atoms with Crippen molar-refractivity contribution in [2.75, 3.05) is 49.8 Å². The molecule has 5 atom stereocenters. The van der Waals surface area contributed by atoms with Crippen LogP contribution >= 0.6 is 11.8 Å². The Labute approximate surface area is 368 Å². The molecule has 3 fully saturated rings. The maximum absolute atomic E-state index is 13.8. The second-order valence-electron chi connectivity index (χ2n) is 17.4. The van der Waals surface area contributed by atoms with Gasteiger partial charge in [-0.1, -0.05) is 52.0 Å². The van der Waals surface area contributed by atoms with Gasteiger partial charge in [-0.15, -0.1) is 13.2 Å². The highest BCUT2D eigenvalue weighted by atomic mass is 32.2. The molecule has 2 aromatic carbocycles. The van der Waals surface area contributed by atoms with Crippen LogP contribution in [-0.4, -0.2) is 112 Å². The molecular weight excluding hydrogens is 838 g/mol. The number of imidazole rings is 1. The van der Waals surface area contributed by atoms with Crippen LogP contribution in [0, 0.1) is 17.3 Å². The van der Waals surface area contributed by atoms with Gasteiger partial charge in [0.15, 0.2) is 0 Å². The summed E-state index contributed by atoms with van der Waals surface area (Å²) in [6.45, 7) is 12.2. The summed E-state index contributed by atoms with van der Waals surface area (Å²) < 4.78 is 50.4. The molecule has 18 heteroatoms. The van der Waals surface area contributed by atoms with Crippen molar-refractivity contribution in [2.24, 2.45) is 17.3 Å². The van der Waals surface area contributed by atoms with Crippen LogP contribution in [0.3, 0.4) is 0 Å². The standard InChI is InChI=1S/C45H53F3N8O6S/c1-25(2)38(53-43(60)61-6)42(59)56-24-31(63-7)19-35(56)39-50-22-34(52-39)28-10-8-27(9-11-28)32-14-12-29(18-36(32)62-45(46,47)48)40(57)51-30-13-15-37(49-21-30)55-17-16-54(23-26(55)3)41(58)33-20-44(33,4)5/h8-15,18,21-22,25-26,31,33,35,38H,16-17,19-20,23-24H2,1-7H3,(H,50,52)(H,51,57)(H,53,60)/t26-,31+,33-,35+,38+/m1/s1. The third kappa shape index (κ3) is 10.2. The van der Waals surface area contributed by atoms with Crippen molar-refractivity contribution in [1.82, 2.24) is 30.1 Å². The molecule has 4 heterocycles. The van der Waals surface area contributed by atoms with Gasteiger partial charge < -0.3 is 39.8 Å². The molecule has 0 spiro atoms. The Hall–Kier alpha value is -5.78. The SMILES string of the molecule is COC(=O)N[C@H](C(=O)N1C[C@@H](SC)C[C@H]1c1nc(-c2ccc(-c3ccc(C(=O)Nc4ccc(N5CCN(C(=O)[C@H]6CC6(C)C)C[C@H]5C)nc4)cc3OC(F)(F)F)cc2)c[nH]1)C(C)C. The minimum atomic E-state index is -5.03. The van der Waals surface area contributed by atoms with Crippen LogP contribution in [0.15, 0.2) is 67.0 Å². The number of hydrogen-bond donors (Lipinski definition) is 3. The average molecular weight is 891 g/mol. The topological polar surface area (TPSA) is 162 Å². The van der Waals surface area contributed by atoms with Crippen LogP contribution in [0.4, 0.5) is 29.5 Å². The number of alkyl halides is 3. The monoisotopic (exact) mass is 890 g/mol. The Morgan fingerprint density at radius 2 is 1.71 bits per heavy atom. The molecule has 0 unspecified atom stereocenters. The largest absolute Gasteiger partial charge is 0.573 e. The number of nitrogens with zero attached hydrogens (tertiary/aromatic N) is 5. The highest BCUT2D eigenvalue weighted by Gasteiger charge is 2.52. The molecule has 0 radical (unpaired) electrons. The molecule has 4 aromatic rings. The van der Waals surface area contributed by atoms with E-state index in [2.05, 4.69) is 44.1 Å². The number of thioether (sulfide) groups is 1. The van der Waals surface area contributed by atoms with Crippen LogP contribution in [0.2, 0.25) is 0 Å². The van der Waals surface area contributed by atoms with Crippen molar-refractivity contribution >= 4 is 47.1 Å². The summed E-state index contributed by atoms with van der Waals surface area (Å²) >= 11 is 1.64. The van der Waals surface area contributed by atoms with E-state index in [-0.39, 0.29) is 57.5 Å². The predicted octanol–water partition coefficient (Wildman–Crippen LogP) is 7.76. The van der Waals surface area contributed by atoms with Crippen LogP contribution in [-0.2, 0) is 14.3 Å². The van der Waals surface area contributed by atoms with Crippen molar-refractivity contribution in [3.8, 4) is 28.1 Å². The molecule has 0 bridgehead atoms. The molecule has 3 aliphatic rings.